The second-order valence-electron chi connectivity index (χ2n) is 3.29. The van der Waals surface area contributed by atoms with Crippen LogP contribution in [0.4, 0.5) is 0 Å². The molecule has 0 amide bonds. The Morgan fingerprint density at radius 3 is 3.14 bits per heavy atom. The normalized spacial score (nSPS) is 18.8. The van der Waals surface area contributed by atoms with Crippen molar-refractivity contribution in [2.24, 2.45) is 0 Å². The number of carboxylic acids is 1. The van der Waals surface area contributed by atoms with Crippen LogP contribution in [0.5, 0.6) is 5.75 Å². The molecule has 0 spiro atoms. The first-order chi connectivity index (χ1) is 6.65. The third-order valence-electron chi connectivity index (χ3n) is 2.17. The van der Waals surface area contributed by atoms with Crippen LogP contribution in [0.3, 0.4) is 0 Å². The zero-order valence-corrected chi connectivity index (χ0v) is 8.12. The average molecular weight is 213 g/mol. The highest BCUT2D eigenvalue weighted by Crippen LogP contribution is 2.31. The van der Waals surface area contributed by atoms with Gasteiger partial charge in [0.05, 0.1) is 6.42 Å². The molecule has 1 heterocycles. The van der Waals surface area contributed by atoms with Gasteiger partial charge in [-0.25, -0.2) is 0 Å². The summed E-state index contributed by atoms with van der Waals surface area (Å²) in [6.45, 7) is 0. The van der Waals surface area contributed by atoms with Gasteiger partial charge in [-0.1, -0.05) is 11.6 Å². The second kappa shape index (κ2) is 3.50. The molecule has 0 radical (unpaired) electrons. The molecular formula is C10H9ClO3. The molecule has 1 N–H and O–H groups in total. The van der Waals surface area contributed by atoms with Crippen molar-refractivity contribution in [2.45, 2.75) is 18.9 Å². The summed E-state index contributed by atoms with van der Waals surface area (Å²) < 4.78 is 5.43. The molecule has 0 fully saturated rings. The lowest BCUT2D eigenvalue weighted by Gasteiger charge is -2.06. The number of hydrogen-bond acceptors (Lipinski definition) is 2. The molecular weight excluding hydrogens is 204 g/mol. The van der Waals surface area contributed by atoms with Gasteiger partial charge in [0.25, 0.3) is 0 Å². The van der Waals surface area contributed by atoms with Gasteiger partial charge in [0.1, 0.15) is 11.9 Å². The fraction of sp³-hybridized carbons (Fsp3) is 0.300. The molecule has 1 aliphatic heterocycles. The zero-order valence-electron chi connectivity index (χ0n) is 7.37. The first-order valence-corrected chi connectivity index (χ1v) is 4.70. The lowest BCUT2D eigenvalue weighted by molar-refractivity contribution is -0.138. The van der Waals surface area contributed by atoms with E-state index < -0.39 is 5.97 Å². The molecule has 14 heavy (non-hydrogen) atoms. The van der Waals surface area contributed by atoms with Crippen LogP contribution >= 0.6 is 11.6 Å². The summed E-state index contributed by atoms with van der Waals surface area (Å²) in [4.78, 5) is 10.5. The van der Waals surface area contributed by atoms with Crippen LogP contribution < -0.4 is 4.74 Å². The molecule has 0 saturated carbocycles. The highest BCUT2D eigenvalue weighted by Gasteiger charge is 2.24. The fourth-order valence-electron chi connectivity index (χ4n) is 1.60. The van der Waals surface area contributed by atoms with E-state index in [2.05, 4.69) is 0 Å². The molecule has 0 saturated heterocycles. The zero-order chi connectivity index (χ0) is 10.1. The van der Waals surface area contributed by atoms with E-state index in [1.165, 1.54) is 0 Å². The van der Waals surface area contributed by atoms with Crippen molar-refractivity contribution < 1.29 is 14.6 Å². The Kier molecular flexibility index (Phi) is 2.33. The van der Waals surface area contributed by atoms with Gasteiger partial charge in [0, 0.05) is 11.4 Å². The summed E-state index contributed by atoms with van der Waals surface area (Å²) in [7, 11) is 0. The number of rotatable bonds is 2. The quantitative estimate of drug-likeness (QED) is 0.817. The maximum Gasteiger partial charge on any atom is 0.307 e. The molecule has 2 rings (SSSR count). The summed E-state index contributed by atoms with van der Waals surface area (Å²) in [6, 6.07) is 5.34. The van der Waals surface area contributed by atoms with Gasteiger partial charge < -0.3 is 9.84 Å². The average Bonchev–Trinajstić information content (AvgIpc) is 2.44. The molecule has 1 aromatic carbocycles. The molecule has 1 aliphatic rings. The van der Waals surface area contributed by atoms with Crippen LogP contribution in [-0.4, -0.2) is 17.2 Å². The van der Waals surface area contributed by atoms with Gasteiger partial charge >= 0.3 is 5.97 Å². The smallest absolute Gasteiger partial charge is 0.307 e. The predicted molar refractivity (Wildman–Crippen MR) is 51.8 cm³/mol. The monoisotopic (exact) mass is 212 g/mol. The topological polar surface area (TPSA) is 46.5 Å². The van der Waals surface area contributed by atoms with Crippen molar-refractivity contribution >= 4 is 17.6 Å². The molecule has 1 atom stereocenters. The van der Waals surface area contributed by atoms with Crippen molar-refractivity contribution in [3.05, 3.63) is 28.8 Å². The Hall–Kier alpha value is -1.22. The molecule has 0 unspecified atom stereocenters. The number of carboxylic acid groups (broad SMARTS) is 1. The van der Waals surface area contributed by atoms with Crippen molar-refractivity contribution in [1.82, 2.24) is 0 Å². The summed E-state index contributed by atoms with van der Waals surface area (Å²) in [5.41, 5.74) is 0.990. The van der Waals surface area contributed by atoms with E-state index in [1.807, 2.05) is 6.07 Å². The Morgan fingerprint density at radius 1 is 1.64 bits per heavy atom. The van der Waals surface area contributed by atoms with Crippen LogP contribution in [0.2, 0.25) is 5.02 Å². The Labute approximate surface area is 86.3 Å². The van der Waals surface area contributed by atoms with Crippen molar-refractivity contribution in [3.8, 4) is 5.75 Å². The molecule has 1 aromatic rings. The van der Waals surface area contributed by atoms with Crippen LogP contribution in [0.15, 0.2) is 18.2 Å². The SMILES string of the molecule is O=C(O)C[C@@H]1Cc2cc(Cl)ccc2O1. The highest BCUT2D eigenvalue weighted by molar-refractivity contribution is 6.30. The Balaban J connectivity index is 2.14. The number of carbonyl (C=O) groups is 1. The summed E-state index contributed by atoms with van der Waals surface area (Å²) in [5, 5.41) is 9.26. The molecule has 0 aromatic heterocycles. The van der Waals surface area contributed by atoms with Gasteiger partial charge in [-0.2, -0.15) is 0 Å². The summed E-state index contributed by atoms with van der Waals surface area (Å²) in [5.74, 6) is -0.0884. The first kappa shape index (κ1) is 9.34. The maximum atomic E-state index is 10.5. The summed E-state index contributed by atoms with van der Waals surface area (Å²) in [6.07, 6.45) is 0.412. The van der Waals surface area contributed by atoms with E-state index in [1.54, 1.807) is 12.1 Å². The third-order valence-corrected chi connectivity index (χ3v) is 2.40. The van der Waals surface area contributed by atoms with E-state index in [-0.39, 0.29) is 12.5 Å². The van der Waals surface area contributed by atoms with E-state index in [0.717, 1.165) is 11.3 Å². The number of halogens is 1. The Bertz CT molecular complexity index is 376. The van der Waals surface area contributed by atoms with Crippen LogP contribution in [0.25, 0.3) is 0 Å². The summed E-state index contributed by atoms with van der Waals surface area (Å²) >= 11 is 5.80. The standard InChI is InChI=1S/C10H9ClO3/c11-7-1-2-9-6(3-7)4-8(14-9)5-10(12)13/h1-3,8H,4-5H2,(H,12,13)/t8-/m0/s1. The van der Waals surface area contributed by atoms with Crippen LogP contribution in [0, 0.1) is 0 Å². The highest BCUT2D eigenvalue weighted by atomic mass is 35.5. The number of benzene rings is 1. The first-order valence-electron chi connectivity index (χ1n) is 4.32. The minimum atomic E-state index is -0.839. The molecule has 0 bridgehead atoms. The molecule has 74 valence electrons. The lowest BCUT2D eigenvalue weighted by Crippen LogP contribution is -2.17. The minimum absolute atomic E-state index is 0.0340. The van der Waals surface area contributed by atoms with Gasteiger partial charge in [-0.15, -0.1) is 0 Å². The molecule has 0 aliphatic carbocycles. The van der Waals surface area contributed by atoms with Gasteiger partial charge in [-0.3, -0.25) is 4.79 Å². The Morgan fingerprint density at radius 2 is 2.43 bits per heavy atom. The number of ether oxygens (including phenoxy) is 1. The number of fused-ring (bicyclic) bond motifs is 1. The van der Waals surface area contributed by atoms with Crippen LogP contribution in [-0.2, 0) is 11.2 Å². The van der Waals surface area contributed by atoms with Gasteiger partial charge in [0.2, 0.25) is 0 Å². The van der Waals surface area contributed by atoms with E-state index in [9.17, 15) is 4.79 Å². The number of hydrogen-bond donors (Lipinski definition) is 1. The fourth-order valence-corrected chi connectivity index (χ4v) is 1.79. The van der Waals surface area contributed by atoms with E-state index in [0.29, 0.717) is 11.4 Å². The van der Waals surface area contributed by atoms with Crippen molar-refractivity contribution in [1.29, 1.82) is 0 Å². The predicted octanol–water partition coefficient (Wildman–Crippen LogP) is 2.12. The van der Waals surface area contributed by atoms with Gasteiger partial charge in [0.15, 0.2) is 0 Å². The second-order valence-corrected chi connectivity index (χ2v) is 3.73. The minimum Gasteiger partial charge on any atom is -0.489 e. The molecule has 4 heteroatoms. The van der Waals surface area contributed by atoms with Crippen LogP contribution in [0.1, 0.15) is 12.0 Å². The molecule has 3 nitrogen and oxygen atoms in total. The van der Waals surface area contributed by atoms with Crippen molar-refractivity contribution in [2.75, 3.05) is 0 Å². The third kappa shape index (κ3) is 1.82. The van der Waals surface area contributed by atoms with E-state index >= 15 is 0 Å². The lowest BCUT2D eigenvalue weighted by atomic mass is 10.1. The largest absolute Gasteiger partial charge is 0.489 e. The maximum absolute atomic E-state index is 10.5. The van der Waals surface area contributed by atoms with Crippen molar-refractivity contribution in [3.63, 3.8) is 0 Å². The van der Waals surface area contributed by atoms with E-state index in [4.69, 9.17) is 21.4 Å². The number of aliphatic carboxylic acids is 1. The van der Waals surface area contributed by atoms with Gasteiger partial charge in [-0.05, 0) is 23.8 Å².